The van der Waals surface area contributed by atoms with E-state index in [1.54, 1.807) is 11.9 Å². The van der Waals surface area contributed by atoms with Gasteiger partial charge in [-0.05, 0) is 19.8 Å². The van der Waals surface area contributed by atoms with Crippen molar-refractivity contribution in [3.8, 4) is 0 Å². The number of amides is 2. The smallest absolute Gasteiger partial charge is 0.317 e. The number of nitrogens with one attached hydrogen (secondary N) is 1. The summed E-state index contributed by atoms with van der Waals surface area (Å²) in [6.45, 7) is 4.68. The number of carboxylic acids is 1. The minimum Gasteiger partial charge on any atom is -0.481 e. The fourth-order valence-electron chi connectivity index (χ4n) is 1.43. The van der Waals surface area contributed by atoms with E-state index in [9.17, 15) is 9.59 Å². The minimum absolute atomic E-state index is 0.0843. The zero-order chi connectivity index (χ0) is 13.3. The molecule has 17 heavy (non-hydrogen) atoms. The van der Waals surface area contributed by atoms with E-state index in [2.05, 4.69) is 12.2 Å². The molecule has 2 N–H and O–H groups in total. The summed E-state index contributed by atoms with van der Waals surface area (Å²) in [6, 6.07) is -0.230. The van der Waals surface area contributed by atoms with Crippen LogP contribution in [0.1, 0.15) is 46.0 Å². The van der Waals surface area contributed by atoms with E-state index in [-0.39, 0.29) is 18.5 Å². The van der Waals surface area contributed by atoms with Crippen LogP contribution in [-0.2, 0) is 4.79 Å². The molecule has 5 heteroatoms. The first-order valence-corrected chi connectivity index (χ1v) is 6.20. The molecule has 100 valence electrons. The summed E-state index contributed by atoms with van der Waals surface area (Å²) in [7, 11) is 1.76. The third-order valence-electron chi connectivity index (χ3n) is 2.60. The Morgan fingerprint density at radius 3 is 2.53 bits per heavy atom. The van der Waals surface area contributed by atoms with Gasteiger partial charge in [-0.15, -0.1) is 0 Å². The van der Waals surface area contributed by atoms with E-state index in [0.29, 0.717) is 6.42 Å². The van der Waals surface area contributed by atoms with Gasteiger partial charge in [0.25, 0.3) is 0 Å². The molecule has 0 rings (SSSR count). The van der Waals surface area contributed by atoms with Crippen LogP contribution in [0.4, 0.5) is 4.79 Å². The molecule has 0 heterocycles. The Kier molecular flexibility index (Phi) is 8.19. The molecule has 0 aromatic carbocycles. The molecule has 0 aromatic heterocycles. The summed E-state index contributed by atoms with van der Waals surface area (Å²) >= 11 is 0. The summed E-state index contributed by atoms with van der Waals surface area (Å²) < 4.78 is 0. The molecule has 0 aromatic rings. The van der Waals surface area contributed by atoms with Crippen LogP contribution in [0.15, 0.2) is 0 Å². The highest BCUT2D eigenvalue weighted by Gasteiger charge is 2.12. The maximum Gasteiger partial charge on any atom is 0.317 e. The average molecular weight is 244 g/mol. The van der Waals surface area contributed by atoms with Crippen LogP contribution in [0.3, 0.4) is 0 Å². The molecule has 0 saturated heterocycles. The van der Waals surface area contributed by atoms with Gasteiger partial charge in [0.1, 0.15) is 0 Å². The SMILES string of the molecule is CCCCCN(C)C(=O)NC(C)CCC(=O)O. The van der Waals surface area contributed by atoms with Crippen molar-refractivity contribution in [3.05, 3.63) is 0 Å². The summed E-state index contributed by atoms with van der Waals surface area (Å²) in [4.78, 5) is 23.7. The molecule has 1 atom stereocenters. The number of aliphatic carboxylic acids is 1. The number of urea groups is 1. The van der Waals surface area contributed by atoms with Crippen LogP contribution in [-0.4, -0.2) is 41.6 Å². The van der Waals surface area contributed by atoms with Gasteiger partial charge in [0.2, 0.25) is 0 Å². The minimum atomic E-state index is -0.831. The number of unbranched alkanes of at least 4 members (excludes halogenated alkanes) is 2. The van der Waals surface area contributed by atoms with Crippen molar-refractivity contribution in [2.24, 2.45) is 0 Å². The van der Waals surface area contributed by atoms with E-state index < -0.39 is 5.97 Å². The summed E-state index contributed by atoms with van der Waals surface area (Å²) in [5.41, 5.74) is 0. The zero-order valence-corrected chi connectivity index (χ0v) is 11.0. The van der Waals surface area contributed by atoms with Crippen molar-refractivity contribution in [1.82, 2.24) is 10.2 Å². The Hall–Kier alpha value is -1.26. The molecule has 0 saturated carbocycles. The highest BCUT2D eigenvalue weighted by Crippen LogP contribution is 2.00. The molecule has 0 aliphatic rings. The van der Waals surface area contributed by atoms with Crippen LogP contribution >= 0.6 is 0 Å². The molecule has 2 amide bonds. The molecule has 1 unspecified atom stereocenters. The Bertz CT molecular complexity index is 244. The molecule has 0 aliphatic heterocycles. The molecule has 0 spiro atoms. The Labute approximate surface area is 103 Å². The van der Waals surface area contributed by atoms with Gasteiger partial charge in [-0.1, -0.05) is 19.8 Å². The van der Waals surface area contributed by atoms with Crippen molar-refractivity contribution in [2.45, 2.75) is 52.0 Å². The lowest BCUT2D eigenvalue weighted by atomic mass is 10.2. The highest BCUT2D eigenvalue weighted by atomic mass is 16.4. The standard InChI is InChI=1S/C12H24N2O3/c1-4-5-6-9-14(3)12(17)13-10(2)7-8-11(15)16/h10H,4-9H2,1-3H3,(H,13,17)(H,15,16). The molecule has 0 aliphatic carbocycles. The van der Waals surface area contributed by atoms with Crippen molar-refractivity contribution >= 4 is 12.0 Å². The number of hydrogen-bond acceptors (Lipinski definition) is 2. The van der Waals surface area contributed by atoms with Crippen molar-refractivity contribution in [1.29, 1.82) is 0 Å². The van der Waals surface area contributed by atoms with Crippen LogP contribution in [0, 0.1) is 0 Å². The Morgan fingerprint density at radius 2 is 2.00 bits per heavy atom. The first kappa shape index (κ1) is 15.7. The van der Waals surface area contributed by atoms with Crippen molar-refractivity contribution < 1.29 is 14.7 Å². The maximum absolute atomic E-state index is 11.7. The van der Waals surface area contributed by atoms with Gasteiger partial charge < -0.3 is 15.3 Å². The summed E-state index contributed by atoms with van der Waals surface area (Å²) in [6.07, 6.45) is 3.80. The average Bonchev–Trinajstić information content (AvgIpc) is 2.26. The van der Waals surface area contributed by atoms with Crippen LogP contribution < -0.4 is 5.32 Å². The first-order chi connectivity index (χ1) is 7.97. The Morgan fingerprint density at radius 1 is 1.35 bits per heavy atom. The van der Waals surface area contributed by atoms with Gasteiger partial charge in [0.05, 0.1) is 0 Å². The van der Waals surface area contributed by atoms with E-state index in [4.69, 9.17) is 5.11 Å². The molecule has 0 radical (unpaired) electrons. The fourth-order valence-corrected chi connectivity index (χ4v) is 1.43. The van der Waals surface area contributed by atoms with Crippen LogP contribution in [0.2, 0.25) is 0 Å². The molecule has 5 nitrogen and oxygen atoms in total. The van der Waals surface area contributed by atoms with E-state index in [0.717, 1.165) is 25.8 Å². The van der Waals surface area contributed by atoms with E-state index in [1.165, 1.54) is 0 Å². The van der Waals surface area contributed by atoms with E-state index in [1.807, 2.05) is 6.92 Å². The van der Waals surface area contributed by atoms with Gasteiger partial charge >= 0.3 is 12.0 Å². The van der Waals surface area contributed by atoms with Gasteiger partial charge in [-0.3, -0.25) is 4.79 Å². The maximum atomic E-state index is 11.7. The summed E-state index contributed by atoms with van der Waals surface area (Å²) in [5, 5.41) is 11.3. The number of hydrogen-bond donors (Lipinski definition) is 2. The molecular weight excluding hydrogens is 220 g/mol. The van der Waals surface area contributed by atoms with Gasteiger partial charge in [-0.25, -0.2) is 4.79 Å². The number of carbonyl (C=O) groups excluding carboxylic acids is 1. The normalized spacial score (nSPS) is 11.9. The number of carboxylic acid groups (broad SMARTS) is 1. The largest absolute Gasteiger partial charge is 0.481 e. The second-order valence-corrected chi connectivity index (χ2v) is 4.41. The predicted molar refractivity (Wildman–Crippen MR) is 67.0 cm³/mol. The zero-order valence-electron chi connectivity index (χ0n) is 11.0. The number of nitrogens with zero attached hydrogens (tertiary/aromatic N) is 1. The van der Waals surface area contributed by atoms with Gasteiger partial charge in [0.15, 0.2) is 0 Å². The number of carbonyl (C=O) groups is 2. The van der Waals surface area contributed by atoms with Gasteiger partial charge in [-0.2, -0.15) is 0 Å². The fraction of sp³-hybridized carbons (Fsp3) is 0.833. The first-order valence-electron chi connectivity index (χ1n) is 6.20. The third-order valence-corrected chi connectivity index (χ3v) is 2.60. The van der Waals surface area contributed by atoms with Crippen LogP contribution in [0.25, 0.3) is 0 Å². The lowest BCUT2D eigenvalue weighted by Gasteiger charge is -2.21. The lowest BCUT2D eigenvalue weighted by Crippen LogP contribution is -2.42. The predicted octanol–water partition coefficient (Wildman–Crippen LogP) is 2.07. The van der Waals surface area contributed by atoms with Crippen molar-refractivity contribution in [2.75, 3.05) is 13.6 Å². The van der Waals surface area contributed by atoms with Crippen molar-refractivity contribution in [3.63, 3.8) is 0 Å². The quantitative estimate of drug-likeness (QED) is 0.642. The molecule has 0 bridgehead atoms. The molecular formula is C12H24N2O3. The second-order valence-electron chi connectivity index (χ2n) is 4.41. The summed E-state index contributed by atoms with van der Waals surface area (Å²) in [5.74, 6) is -0.831. The Balaban J connectivity index is 3.78. The monoisotopic (exact) mass is 244 g/mol. The molecule has 0 fully saturated rings. The second kappa shape index (κ2) is 8.84. The van der Waals surface area contributed by atoms with Gasteiger partial charge in [0, 0.05) is 26.1 Å². The topological polar surface area (TPSA) is 69.6 Å². The number of rotatable bonds is 8. The lowest BCUT2D eigenvalue weighted by molar-refractivity contribution is -0.137. The third kappa shape index (κ3) is 8.54. The van der Waals surface area contributed by atoms with Crippen LogP contribution in [0.5, 0.6) is 0 Å². The highest BCUT2D eigenvalue weighted by molar-refractivity contribution is 5.74. The van der Waals surface area contributed by atoms with E-state index >= 15 is 0 Å².